The maximum absolute atomic E-state index is 14.4. The molecule has 0 aromatic heterocycles. The molecule has 1 N–H and O–H groups in total. The molecule has 1 amide bonds. The Morgan fingerprint density at radius 3 is 2.28 bits per heavy atom. The van der Waals surface area contributed by atoms with Crippen molar-refractivity contribution in [2.75, 3.05) is 49.1 Å². The smallest absolute Gasteiger partial charge is 0.282 e. The van der Waals surface area contributed by atoms with E-state index >= 15 is 0 Å². The number of likely N-dealkylation sites (N-methyl/N-ethyl adjacent to an activating group) is 1. The summed E-state index contributed by atoms with van der Waals surface area (Å²) in [6, 6.07) is 10.5. The Labute approximate surface area is 169 Å². The molecule has 154 valence electrons. The van der Waals surface area contributed by atoms with Crippen LogP contribution in [0.1, 0.15) is 24.2 Å². The summed E-state index contributed by atoms with van der Waals surface area (Å²) < 4.78 is 27.5. The molecule has 1 saturated heterocycles. The molecule has 2 aromatic carbocycles. The van der Waals surface area contributed by atoms with Crippen LogP contribution in [-0.4, -0.2) is 51.0 Å². The Bertz CT molecular complexity index is 878. The van der Waals surface area contributed by atoms with Crippen LogP contribution in [0.4, 0.5) is 20.2 Å². The molecule has 2 aromatic rings. The van der Waals surface area contributed by atoms with E-state index in [0.29, 0.717) is 56.2 Å². The van der Waals surface area contributed by atoms with Gasteiger partial charge in [-0.05, 0) is 56.3 Å². The highest BCUT2D eigenvalue weighted by Crippen LogP contribution is 2.21. The van der Waals surface area contributed by atoms with Crippen molar-refractivity contribution in [1.82, 2.24) is 0 Å². The van der Waals surface area contributed by atoms with Crippen LogP contribution in [0.25, 0.3) is 0 Å². The van der Waals surface area contributed by atoms with E-state index in [1.807, 2.05) is 11.8 Å². The van der Waals surface area contributed by atoms with Gasteiger partial charge in [-0.25, -0.2) is 8.78 Å². The number of ketones is 1. The fourth-order valence-electron chi connectivity index (χ4n) is 3.66. The van der Waals surface area contributed by atoms with Gasteiger partial charge in [0.1, 0.15) is 11.6 Å². The van der Waals surface area contributed by atoms with E-state index < -0.39 is 5.82 Å². The quantitative estimate of drug-likeness (QED) is 0.751. The van der Waals surface area contributed by atoms with Crippen LogP contribution in [0.5, 0.6) is 0 Å². The second-order valence-corrected chi connectivity index (χ2v) is 7.25. The van der Waals surface area contributed by atoms with E-state index in [-0.39, 0.29) is 17.5 Å². The predicted octanol–water partition coefficient (Wildman–Crippen LogP) is 1.93. The van der Waals surface area contributed by atoms with Crippen LogP contribution in [0.2, 0.25) is 0 Å². The van der Waals surface area contributed by atoms with Crippen molar-refractivity contribution in [2.24, 2.45) is 0 Å². The number of amides is 1. The first kappa shape index (κ1) is 20.9. The molecular weight excluding hydrogens is 376 g/mol. The van der Waals surface area contributed by atoms with E-state index in [0.717, 1.165) is 4.90 Å². The van der Waals surface area contributed by atoms with Crippen LogP contribution in [0, 0.1) is 11.6 Å². The van der Waals surface area contributed by atoms with Gasteiger partial charge in [0, 0.05) is 17.8 Å². The number of carbonyl (C=O) groups excluding carboxylic acids is 2. The minimum Gasteiger partial charge on any atom is -0.358 e. The molecule has 5 nitrogen and oxygen atoms in total. The molecule has 1 fully saturated rings. The summed E-state index contributed by atoms with van der Waals surface area (Å²) in [4.78, 5) is 28.9. The highest BCUT2D eigenvalue weighted by Gasteiger charge is 2.26. The van der Waals surface area contributed by atoms with Gasteiger partial charge in [0.2, 0.25) is 0 Å². The van der Waals surface area contributed by atoms with Crippen molar-refractivity contribution < 1.29 is 23.3 Å². The number of carbonyl (C=O) groups is 2. The summed E-state index contributed by atoms with van der Waals surface area (Å²) in [5.74, 6) is -0.905. The van der Waals surface area contributed by atoms with Gasteiger partial charge in [-0.15, -0.1) is 0 Å². The number of quaternary nitrogens is 1. The number of piperazine rings is 1. The molecule has 7 heteroatoms. The Hall–Kier alpha value is -2.80. The molecule has 0 radical (unpaired) electrons. The number of nitrogens with zero attached hydrogens (tertiary/aromatic N) is 2. The van der Waals surface area contributed by atoms with E-state index in [9.17, 15) is 18.4 Å². The van der Waals surface area contributed by atoms with Crippen molar-refractivity contribution in [3.63, 3.8) is 0 Å². The largest absolute Gasteiger partial charge is 0.358 e. The number of hydrogen-bond acceptors (Lipinski definition) is 3. The van der Waals surface area contributed by atoms with E-state index in [1.54, 1.807) is 29.2 Å². The molecule has 0 unspecified atom stereocenters. The predicted molar refractivity (Wildman–Crippen MR) is 109 cm³/mol. The molecule has 1 heterocycles. The SMILES string of the molecule is CCN(C(=O)C[NH+]1CCN(c2ccc(C(C)=O)cc2F)CC1)c1ccc(F)cc1. The molecule has 0 atom stereocenters. The second kappa shape index (κ2) is 9.13. The number of rotatable bonds is 6. The topological polar surface area (TPSA) is 45.1 Å². The molecule has 29 heavy (non-hydrogen) atoms. The highest BCUT2D eigenvalue weighted by atomic mass is 19.1. The minimum absolute atomic E-state index is 0.0143. The van der Waals surface area contributed by atoms with Gasteiger partial charge in [0.15, 0.2) is 12.3 Å². The van der Waals surface area contributed by atoms with Crippen LogP contribution < -0.4 is 14.7 Å². The Morgan fingerprint density at radius 2 is 1.72 bits per heavy atom. The maximum Gasteiger partial charge on any atom is 0.282 e. The maximum atomic E-state index is 14.4. The molecule has 1 aliphatic heterocycles. The lowest BCUT2D eigenvalue weighted by Gasteiger charge is -2.34. The lowest BCUT2D eigenvalue weighted by atomic mass is 10.1. The normalized spacial score (nSPS) is 14.7. The van der Waals surface area contributed by atoms with Crippen molar-refractivity contribution in [2.45, 2.75) is 13.8 Å². The lowest BCUT2D eigenvalue weighted by Crippen LogP contribution is -3.16. The highest BCUT2D eigenvalue weighted by molar-refractivity contribution is 5.94. The number of benzene rings is 2. The molecule has 0 spiro atoms. The average Bonchev–Trinajstić information content (AvgIpc) is 2.70. The average molecular weight is 402 g/mol. The van der Waals surface area contributed by atoms with Crippen LogP contribution >= 0.6 is 0 Å². The van der Waals surface area contributed by atoms with Gasteiger partial charge in [-0.2, -0.15) is 0 Å². The number of hydrogen-bond donors (Lipinski definition) is 1. The van der Waals surface area contributed by atoms with Crippen molar-refractivity contribution >= 4 is 23.1 Å². The van der Waals surface area contributed by atoms with Gasteiger partial charge < -0.3 is 14.7 Å². The van der Waals surface area contributed by atoms with Gasteiger partial charge >= 0.3 is 0 Å². The van der Waals surface area contributed by atoms with Crippen molar-refractivity contribution in [3.8, 4) is 0 Å². The third-order valence-electron chi connectivity index (χ3n) is 5.32. The number of Topliss-reactive ketones (excluding diaryl/α,β-unsaturated/α-hetero) is 1. The molecule has 0 bridgehead atoms. The first-order valence-electron chi connectivity index (χ1n) is 9.84. The lowest BCUT2D eigenvalue weighted by molar-refractivity contribution is -0.892. The van der Waals surface area contributed by atoms with Gasteiger partial charge in [-0.1, -0.05) is 0 Å². The first-order chi connectivity index (χ1) is 13.9. The zero-order valence-corrected chi connectivity index (χ0v) is 16.8. The molecular formula is C22H26F2N3O2+. The summed E-state index contributed by atoms with van der Waals surface area (Å²) in [5.41, 5.74) is 1.54. The Balaban J connectivity index is 1.58. The third-order valence-corrected chi connectivity index (χ3v) is 5.32. The molecule has 0 saturated carbocycles. The van der Waals surface area contributed by atoms with E-state index in [1.165, 1.54) is 25.1 Å². The summed E-state index contributed by atoms with van der Waals surface area (Å²) >= 11 is 0. The van der Waals surface area contributed by atoms with Gasteiger partial charge in [0.05, 0.1) is 31.9 Å². The van der Waals surface area contributed by atoms with E-state index in [2.05, 4.69) is 0 Å². The van der Waals surface area contributed by atoms with Crippen LogP contribution in [0.3, 0.4) is 0 Å². The number of anilines is 2. The van der Waals surface area contributed by atoms with Crippen molar-refractivity contribution in [3.05, 3.63) is 59.7 Å². The summed E-state index contributed by atoms with van der Waals surface area (Å²) in [5, 5.41) is 0. The summed E-state index contributed by atoms with van der Waals surface area (Å²) in [6.07, 6.45) is 0. The monoisotopic (exact) mass is 402 g/mol. The fraction of sp³-hybridized carbons (Fsp3) is 0.364. The Morgan fingerprint density at radius 1 is 1.07 bits per heavy atom. The molecule has 1 aliphatic rings. The third kappa shape index (κ3) is 4.98. The number of nitrogens with one attached hydrogen (secondary N) is 1. The Kier molecular flexibility index (Phi) is 6.59. The van der Waals surface area contributed by atoms with Gasteiger partial charge in [-0.3, -0.25) is 9.59 Å². The van der Waals surface area contributed by atoms with Crippen LogP contribution in [-0.2, 0) is 4.79 Å². The first-order valence-corrected chi connectivity index (χ1v) is 9.84. The summed E-state index contributed by atoms with van der Waals surface area (Å²) in [7, 11) is 0. The molecule has 0 aliphatic carbocycles. The second-order valence-electron chi connectivity index (χ2n) is 7.25. The standard InChI is InChI=1S/C22H25F2N3O2/c1-3-27(19-7-5-18(23)6-8-19)22(29)15-25-10-12-26(13-11-25)21-9-4-17(16(2)28)14-20(21)24/h4-9,14H,3,10-13,15H2,1-2H3/p+1. The molecule has 3 rings (SSSR count). The van der Waals surface area contributed by atoms with Crippen LogP contribution in [0.15, 0.2) is 42.5 Å². The minimum atomic E-state index is -0.398. The van der Waals surface area contributed by atoms with Gasteiger partial charge in [0.25, 0.3) is 5.91 Å². The number of halogens is 2. The van der Waals surface area contributed by atoms with Crippen molar-refractivity contribution in [1.29, 1.82) is 0 Å². The summed E-state index contributed by atoms with van der Waals surface area (Å²) in [6.45, 7) is 6.83. The zero-order valence-electron chi connectivity index (χ0n) is 16.8. The zero-order chi connectivity index (χ0) is 21.0. The fourth-order valence-corrected chi connectivity index (χ4v) is 3.66. The van der Waals surface area contributed by atoms with E-state index in [4.69, 9.17) is 0 Å².